The van der Waals surface area contributed by atoms with E-state index < -0.39 is 5.97 Å². The van der Waals surface area contributed by atoms with Crippen LogP contribution in [0.5, 0.6) is 0 Å². The number of hydrogen-bond donors (Lipinski definition) is 1. The molecule has 0 radical (unpaired) electrons. The van der Waals surface area contributed by atoms with Gasteiger partial charge in [-0.15, -0.1) is 11.3 Å². The van der Waals surface area contributed by atoms with Crippen molar-refractivity contribution in [3.8, 4) is 0 Å². The molecule has 0 bridgehead atoms. The van der Waals surface area contributed by atoms with E-state index in [0.717, 1.165) is 16.6 Å². The summed E-state index contributed by atoms with van der Waals surface area (Å²) >= 11 is 1.50. The quantitative estimate of drug-likeness (QED) is 0.881. The second-order valence-corrected chi connectivity index (χ2v) is 5.78. The molecule has 1 N–H and O–H groups in total. The maximum atomic E-state index is 11.0. The first kappa shape index (κ1) is 12.4. The van der Waals surface area contributed by atoms with Gasteiger partial charge in [0.1, 0.15) is 0 Å². The monoisotopic (exact) mass is 254 g/mol. The van der Waals surface area contributed by atoms with Gasteiger partial charge in [0.25, 0.3) is 0 Å². The van der Waals surface area contributed by atoms with E-state index in [4.69, 9.17) is 5.11 Å². The van der Waals surface area contributed by atoms with E-state index >= 15 is 0 Å². The lowest BCUT2D eigenvalue weighted by Gasteiger charge is -2.26. The Morgan fingerprint density at radius 1 is 1.47 bits per heavy atom. The summed E-state index contributed by atoms with van der Waals surface area (Å²) in [7, 11) is 0. The van der Waals surface area contributed by atoms with Crippen molar-refractivity contribution in [2.75, 3.05) is 11.4 Å². The first-order valence-corrected chi connectivity index (χ1v) is 6.88. The molecule has 0 spiro atoms. The largest absolute Gasteiger partial charge is 0.476 e. The summed E-state index contributed by atoms with van der Waals surface area (Å²) in [5, 5.41) is 9.89. The van der Waals surface area contributed by atoms with Gasteiger partial charge in [-0.3, -0.25) is 0 Å². The molecular formula is C12H18N2O2S. The highest BCUT2D eigenvalue weighted by molar-refractivity contribution is 7.15. The fraction of sp³-hybridized carbons (Fsp3) is 0.667. The molecule has 2 rings (SSSR count). The van der Waals surface area contributed by atoms with E-state index in [0.29, 0.717) is 6.04 Å². The number of carboxylic acid groups (broad SMARTS) is 1. The van der Waals surface area contributed by atoms with Crippen LogP contribution in [0, 0.1) is 6.92 Å². The number of carbonyl (C=O) groups is 1. The van der Waals surface area contributed by atoms with Gasteiger partial charge in [-0.25, -0.2) is 9.78 Å². The SMILES string of the molecule is Cc1sc(N2CCCCCC2C)nc1C(=O)O. The molecule has 1 unspecified atom stereocenters. The molecule has 4 nitrogen and oxygen atoms in total. The molecule has 0 amide bonds. The average molecular weight is 254 g/mol. The number of aryl methyl sites for hydroxylation is 1. The van der Waals surface area contributed by atoms with Crippen LogP contribution in [0.3, 0.4) is 0 Å². The van der Waals surface area contributed by atoms with E-state index in [1.807, 2.05) is 6.92 Å². The number of carboxylic acids is 1. The number of aromatic nitrogens is 1. The molecule has 17 heavy (non-hydrogen) atoms. The summed E-state index contributed by atoms with van der Waals surface area (Å²) in [4.78, 5) is 18.3. The molecule has 2 heterocycles. The molecule has 0 aliphatic carbocycles. The molecule has 1 fully saturated rings. The van der Waals surface area contributed by atoms with Crippen molar-refractivity contribution >= 4 is 22.4 Å². The van der Waals surface area contributed by atoms with Crippen LogP contribution in [0.15, 0.2) is 0 Å². The van der Waals surface area contributed by atoms with Crippen molar-refractivity contribution in [1.82, 2.24) is 4.98 Å². The summed E-state index contributed by atoms with van der Waals surface area (Å²) in [5.41, 5.74) is 0.210. The van der Waals surface area contributed by atoms with Crippen molar-refractivity contribution in [2.24, 2.45) is 0 Å². The normalized spacial score (nSPS) is 21.3. The molecule has 1 aliphatic rings. The van der Waals surface area contributed by atoms with Crippen LogP contribution in [0.1, 0.15) is 48.0 Å². The summed E-state index contributed by atoms with van der Waals surface area (Å²) < 4.78 is 0. The zero-order valence-electron chi connectivity index (χ0n) is 10.3. The van der Waals surface area contributed by atoms with Crippen LogP contribution in [0.4, 0.5) is 5.13 Å². The van der Waals surface area contributed by atoms with Gasteiger partial charge in [-0.05, 0) is 26.7 Å². The Morgan fingerprint density at radius 3 is 2.88 bits per heavy atom. The Kier molecular flexibility index (Phi) is 3.66. The summed E-state index contributed by atoms with van der Waals surface area (Å²) in [6.07, 6.45) is 4.86. The van der Waals surface area contributed by atoms with Crippen molar-refractivity contribution in [3.05, 3.63) is 10.6 Å². The highest BCUT2D eigenvalue weighted by Gasteiger charge is 2.22. The van der Waals surface area contributed by atoms with Gasteiger partial charge in [0.2, 0.25) is 0 Å². The fourth-order valence-corrected chi connectivity index (χ4v) is 3.29. The van der Waals surface area contributed by atoms with Gasteiger partial charge in [-0.2, -0.15) is 0 Å². The first-order chi connectivity index (χ1) is 8.09. The van der Waals surface area contributed by atoms with Gasteiger partial charge in [0, 0.05) is 17.5 Å². The molecule has 1 saturated heterocycles. The van der Waals surface area contributed by atoms with Gasteiger partial charge in [0.05, 0.1) is 0 Å². The second kappa shape index (κ2) is 5.04. The number of anilines is 1. The minimum Gasteiger partial charge on any atom is -0.476 e. The molecule has 1 aromatic heterocycles. The smallest absolute Gasteiger partial charge is 0.355 e. The Labute approximate surface area is 105 Å². The number of rotatable bonds is 2. The van der Waals surface area contributed by atoms with Crippen LogP contribution in [-0.2, 0) is 0 Å². The maximum Gasteiger partial charge on any atom is 0.355 e. The van der Waals surface area contributed by atoms with Gasteiger partial charge < -0.3 is 10.0 Å². The maximum absolute atomic E-state index is 11.0. The predicted octanol–water partition coefficient (Wildman–Crippen LogP) is 2.92. The van der Waals surface area contributed by atoms with Gasteiger partial charge in [0.15, 0.2) is 10.8 Å². The number of aromatic carboxylic acids is 1. The molecular weight excluding hydrogens is 236 g/mol. The predicted molar refractivity (Wildman–Crippen MR) is 69.1 cm³/mol. The van der Waals surface area contributed by atoms with Crippen LogP contribution in [0.2, 0.25) is 0 Å². The Balaban J connectivity index is 2.26. The van der Waals surface area contributed by atoms with E-state index in [1.54, 1.807) is 0 Å². The van der Waals surface area contributed by atoms with E-state index in [1.165, 1.54) is 37.0 Å². The first-order valence-electron chi connectivity index (χ1n) is 6.07. The third-order valence-corrected chi connectivity index (χ3v) is 4.29. The third-order valence-electron chi connectivity index (χ3n) is 3.29. The van der Waals surface area contributed by atoms with E-state index in [9.17, 15) is 4.79 Å². The standard InChI is InChI=1S/C12H18N2O2S/c1-8-6-4-3-5-7-14(8)12-13-10(11(15)16)9(2)17-12/h8H,3-7H2,1-2H3,(H,15,16). The lowest BCUT2D eigenvalue weighted by atomic mass is 10.1. The average Bonchev–Trinajstić information content (AvgIpc) is 2.51. The molecule has 1 atom stereocenters. The highest BCUT2D eigenvalue weighted by atomic mass is 32.1. The topological polar surface area (TPSA) is 53.4 Å². The lowest BCUT2D eigenvalue weighted by Crippen LogP contribution is -2.32. The van der Waals surface area contributed by atoms with Gasteiger partial charge in [-0.1, -0.05) is 12.8 Å². The van der Waals surface area contributed by atoms with Crippen molar-refractivity contribution in [3.63, 3.8) is 0 Å². The fourth-order valence-electron chi connectivity index (χ4n) is 2.26. The number of hydrogen-bond acceptors (Lipinski definition) is 4. The lowest BCUT2D eigenvalue weighted by molar-refractivity contribution is 0.0690. The van der Waals surface area contributed by atoms with Crippen molar-refractivity contribution in [2.45, 2.75) is 45.6 Å². The van der Waals surface area contributed by atoms with E-state index in [2.05, 4.69) is 16.8 Å². The minimum atomic E-state index is -0.924. The Morgan fingerprint density at radius 2 is 2.24 bits per heavy atom. The Hall–Kier alpha value is -1.10. The molecule has 1 aromatic rings. The summed E-state index contributed by atoms with van der Waals surface area (Å²) in [5.74, 6) is -0.924. The molecule has 94 valence electrons. The number of thiazole rings is 1. The summed E-state index contributed by atoms with van der Waals surface area (Å²) in [6.45, 7) is 5.02. The Bertz CT molecular complexity index is 417. The zero-order valence-corrected chi connectivity index (χ0v) is 11.1. The second-order valence-electron chi connectivity index (χ2n) is 4.60. The van der Waals surface area contributed by atoms with Crippen LogP contribution < -0.4 is 4.90 Å². The van der Waals surface area contributed by atoms with Gasteiger partial charge >= 0.3 is 5.97 Å². The van der Waals surface area contributed by atoms with Crippen molar-refractivity contribution in [1.29, 1.82) is 0 Å². The van der Waals surface area contributed by atoms with Crippen LogP contribution >= 0.6 is 11.3 Å². The summed E-state index contributed by atoms with van der Waals surface area (Å²) in [6, 6.07) is 0.463. The zero-order chi connectivity index (χ0) is 12.4. The molecule has 0 aromatic carbocycles. The highest BCUT2D eigenvalue weighted by Crippen LogP contribution is 2.30. The minimum absolute atomic E-state index is 0.210. The van der Waals surface area contributed by atoms with Crippen molar-refractivity contribution < 1.29 is 9.90 Å². The molecule has 1 aliphatic heterocycles. The number of nitrogens with zero attached hydrogens (tertiary/aromatic N) is 2. The third kappa shape index (κ3) is 2.60. The van der Waals surface area contributed by atoms with E-state index in [-0.39, 0.29) is 5.69 Å². The van der Waals surface area contributed by atoms with Crippen LogP contribution in [0.25, 0.3) is 0 Å². The van der Waals surface area contributed by atoms with Crippen LogP contribution in [-0.4, -0.2) is 28.6 Å². The molecule has 0 saturated carbocycles. The molecule has 5 heteroatoms.